The lowest BCUT2D eigenvalue weighted by Gasteiger charge is -2.04. The first kappa shape index (κ1) is 7.90. The van der Waals surface area contributed by atoms with Crippen molar-refractivity contribution < 1.29 is 4.79 Å². The van der Waals surface area contributed by atoms with Gasteiger partial charge in [0.2, 0.25) is 5.78 Å². The highest BCUT2D eigenvalue weighted by atomic mass is 32.1. The SMILES string of the molecule is C#CC(=O)C1=CC=CCC1=S. The third-order valence-electron chi connectivity index (χ3n) is 1.38. The molecule has 0 atom stereocenters. The van der Waals surface area contributed by atoms with Gasteiger partial charge in [-0.1, -0.05) is 24.4 Å². The molecule has 0 aromatic heterocycles. The Kier molecular flexibility index (Phi) is 2.35. The summed E-state index contributed by atoms with van der Waals surface area (Å²) in [4.78, 5) is 11.6. The zero-order valence-electron chi connectivity index (χ0n) is 5.83. The molecule has 2 heteroatoms. The number of Topliss-reactive ketones (excluding diaryl/α,β-unsaturated/α-hetero) is 1. The fourth-order valence-corrected chi connectivity index (χ4v) is 1.08. The van der Waals surface area contributed by atoms with E-state index in [2.05, 4.69) is 0 Å². The molecule has 54 valence electrons. The molecule has 0 saturated heterocycles. The molecular weight excluding hydrogens is 156 g/mol. The second-order valence-electron chi connectivity index (χ2n) is 2.11. The number of hydrogen-bond donors (Lipinski definition) is 0. The monoisotopic (exact) mass is 162 g/mol. The van der Waals surface area contributed by atoms with Crippen LogP contribution >= 0.6 is 12.2 Å². The predicted molar refractivity (Wildman–Crippen MR) is 48.3 cm³/mol. The summed E-state index contributed by atoms with van der Waals surface area (Å²) in [7, 11) is 0. The van der Waals surface area contributed by atoms with Gasteiger partial charge in [-0.2, -0.15) is 0 Å². The van der Waals surface area contributed by atoms with Crippen molar-refractivity contribution in [3.05, 3.63) is 23.8 Å². The van der Waals surface area contributed by atoms with Gasteiger partial charge in [-0.15, -0.1) is 6.42 Å². The number of ketones is 1. The molecule has 1 aliphatic rings. The Bertz CT molecular complexity index is 302. The first-order valence-corrected chi connectivity index (χ1v) is 3.57. The summed E-state index contributed by atoms with van der Waals surface area (Å²) in [6.45, 7) is 0. The predicted octanol–water partition coefficient (Wildman–Crippen LogP) is 1.44. The van der Waals surface area contributed by atoms with E-state index in [0.29, 0.717) is 16.9 Å². The van der Waals surface area contributed by atoms with Gasteiger partial charge in [0.15, 0.2) is 0 Å². The van der Waals surface area contributed by atoms with Crippen LogP contribution in [0.4, 0.5) is 0 Å². The molecule has 0 aromatic carbocycles. The van der Waals surface area contributed by atoms with Gasteiger partial charge in [0, 0.05) is 16.9 Å². The molecular formula is C9H6OS. The Balaban J connectivity index is 2.95. The molecule has 0 aliphatic heterocycles. The molecule has 1 nitrogen and oxygen atoms in total. The van der Waals surface area contributed by atoms with Crippen molar-refractivity contribution >= 4 is 22.9 Å². The zero-order valence-corrected chi connectivity index (χ0v) is 6.65. The van der Waals surface area contributed by atoms with Crippen molar-refractivity contribution in [1.29, 1.82) is 0 Å². The molecule has 0 radical (unpaired) electrons. The molecule has 0 bridgehead atoms. The van der Waals surface area contributed by atoms with Crippen LogP contribution in [0.15, 0.2) is 23.8 Å². The van der Waals surface area contributed by atoms with Gasteiger partial charge < -0.3 is 0 Å². The lowest BCUT2D eigenvalue weighted by Crippen LogP contribution is -2.10. The normalized spacial score (nSPS) is 15.5. The minimum absolute atomic E-state index is 0.320. The molecule has 0 fully saturated rings. The van der Waals surface area contributed by atoms with Crippen LogP contribution in [0.25, 0.3) is 0 Å². The van der Waals surface area contributed by atoms with Gasteiger partial charge in [0.05, 0.1) is 0 Å². The number of rotatable bonds is 1. The van der Waals surface area contributed by atoms with Crippen LogP contribution < -0.4 is 0 Å². The lowest BCUT2D eigenvalue weighted by atomic mass is 10.0. The van der Waals surface area contributed by atoms with Gasteiger partial charge in [-0.05, 0) is 12.0 Å². The standard InChI is InChI=1S/C9H6OS/c1-2-8(10)7-5-3-4-6-9(7)11/h1,3-5H,6H2. The van der Waals surface area contributed by atoms with Gasteiger partial charge >= 0.3 is 0 Å². The molecule has 0 saturated carbocycles. The summed E-state index contributed by atoms with van der Waals surface area (Å²) >= 11 is 4.93. The van der Waals surface area contributed by atoms with Crippen molar-refractivity contribution in [3.8, 4) is 12.3 Å². The first-order valence-electron chi connectivity index (χ1n) is 3.16. The lowest BCUT2D eigenvalue weighted by molar-refractivity contribution is -0.110. The van der Waals surface area contributed by atoms with E-state index in [0.717, 1.165) is 0 Å². The van der Waals surface area contributed by atoms with Crippen LogP contribution in [0.5, 0.6) is 0 Å². The second kappa shape index (κ2) is 3.27. The van der Waals surface area contributed by atoms with E-state index >= 15 is 0 Å². The molecule has 1 aliphatic carbocycles. The topological polar surface area (TPSA) is 17.1 Å². The summed E-state index contributed by atoms with van der Waals surface area (Å²) in [5, 5.41) is 0. The Labute approximate surface area is 70.8 Å². The summed E-state index contributed by atoms with van der Waals surface area (Å²) in [5.41, 5.74) is 0.491. The Morgan fingerprint density at radius 3 is 3.00 bits per heavy atom. The fraction of sp³-hybridized carbons (Fsp3) is 0.111. The van der Waals surface area contributed by atoms with E-state index < -0.39 is 0 Å². The van der Waals surface area contributed by atoms with Crippen LogP contribution in [0, 0.1) is 12.3 Å². The smallest absolute Gasteiger partial charge is 0.236 e. The number of allylic oxidation sites excluding steroid dienone is 4. The van der Waals surface area contributed by atoms with Crippen molar-refractivity contribution in [2.45, 2.75) is 6.42 Å². The van der Waals surface area contributed by atoms with E-state index in [4.69, 9.17) is 18.6 Å². The molecule has 11 heavy (non-hydrogen) atoms. The number of carbonyl (C=O) groups is 1. The van der Waals surface area contributed by atoms with Crippen LogP contribution in [0.1, 0.15) is 6.42 Å². The van der Waals surface area contributed by atoms with Crippen LogP contribution in [0.2, 0.25) is 0 Å². The summed E-state index contributed by atoms with van der Waals surface area (Å²) in [6.07, 6.45) is 10.9. The van der Waals surface area contributed by atoms with Crippen molar-refractivity contribution in [2.24, 2.45) is 0 Å². The maximum Gasteiger partial charge on any atom is 0.236 e. The van der Waals surface area contributed by atoms with E-state index in [9.17, 15) is 4.79 Å². The summed E-state index contributed by atoms with van der Waals surface area (Å²) in [6, 6.07) is 0. The maximum absolute atomic E-state index is 11.0. The quantitative estimate of drug-likeness (QED) is 0.330. The van der Waals surface area contributed by atoms with Crippen LogP contribution in [-0.4, -0.2) is 10.6 Å². The fourth-order valence-electron chi connectivity index (χ4n) is 0.822. The third kappa shape index (κ3) is 1.63. The Morgan fingerprint density at radius 1 is 1.73 bits per heavy atom. The molecule has 1 rings (SSSR count). The largest absolute Gasteiger partial charge is 0.279 e. The Hall–Kier alpha value is -1.20. The summed E-state index contributed by atoms with van der Waals surface area (Å²) < 4.78 is 0. The van der Waals surface area contributed by atoms with E-state index in [-0.39, 0.29) is 5.78 Å². The molecule has 0 N–H and O–H groups in total. The highest BCUT2D eigenvalue weighted by molar-refractivity contribution is 7.81. The molecule has 0 spiro atoms. The van der Waals surface area contributed by atoms with E-state index in [1.807, 2.05) is 12.0 Å². The highest BCUT2D eigenvalue weighted by Gasteiger charge is 2.12. The Morgan fingerprint density at radius 2 is 2.45 bits per heavy atom. The minimum Gasteiger partial charge on any atom is -0.279 e. The van der Waals surface area contributed by atoms with Gasteiger partial charge in [0.1, 0.15) is 0 Å². The van der Waals surface area contributed by atoms with E-state index in [1.165, 1.54) is 0 Å². The van der Waals surface area contributed by atoms with Crippen LogP contribution in [-0.2, 0) is 4.79 Å². The number of terminal acetylenes is 1. The molecule has 0 amide bonds. The zero-order chi connectivity index (χ0) is 8.27. The number of hydrogen-bond acceptors (Lipinski definition) is 2. The van der Waals surface area contributed by atoms with Crippen molar-refractivity contribution in [3.63, 3.8) is 0 Å². The average molecular weight is 162 g/mol. The second-order valence-corrected chi connectivity index (χ2v) is 2.60. The highest BCUT2D eigenvalue weighted by Crippen LogP contribution is 2.10. The first-order chi connectivity index (χ1) is 5.25. The van der Waals surface area contributed by atoms with Gasteiger partial charge in [-0.3, -0.25) is 4.79 Å². The summed E-state index contributed by atoms with van der Waals surface area (Å²) in [5.74, 6) is 1.72. The van der Waals surface area contributed by atoms with Gasteiger partial charge in [0.25, 0.3) is 0 Å². The van der Waals surface area contributed by atoms with Crippen LogP contribution in [0.3, 0.4) is 0 Å². The van der Waals surface area contributed by atoms with Gasteiger partial charge in [-0.25, -0.2) is 0 Å². The minimum atomic E-state index is -0.320. The van der Waals surface area contributed by atoms with Crippen molar-refractivity contribution in [2.75, 3.05) is 0 Å². The number of thiocarbonyl (C=S) groups is 1. The maximum atomic E-state index is 11.0. The third-order valence-corrected chi connectivity index (χ3v) is 1.76. The molecule has 0 aromatic rings. The van der Waals surface area contributed by atoms with Crippen molar-refractivity contribution in [1.82, 2.24) is 0 Å². The average Bonchev–Trinajstić information content (AvgIpc) is 2.04. The molecule has 0 heterocycles. The van der Waals surface area contributed by atoms with E-state index in [1.54, 1.807) is 12.2 Å². The molecule has 0 unspecified atom stereocenters. The number of carbonyl (C=O) groups excluding carboxylic acids is 1.